The second-order valence-corrected chi connectivity index (χ2v) is 7.48. The molecule has 27 heavy (non-hydrogen) atoms. The predicted molar refractivity (Wildman–Crippen MR) is 112 cm³/mol. The molecule has 0 saturated carbocycles. The van der Waals surface area contributed by atoms with Gasteiger partial charge in [0, 0.05) is 23.3 Å². The minimum atomic E-state index is -0.143. The molecule has 0 amide bonds. The lowest BCUT2D eigenvalue weighted by atomic mass is 9.79. The summed E-state index contributed by atoms with van der Waals surface area (Å²) < 4.78 is 7.46. The quantitative estimate of drug-likeness (QED) is 0.647. The van der Waals surface area contributed by atoms with Gasteiger partial charge >= 0.3 is 0 Å². The fraction of sp³-hybridized carbons (Fsp3) is 0.208. The standard InChI is InChI=1S/C24H23NO2/c1-24(2)21(15-13-17-9-7-11-20(27-4)23(17)26)25(3)19-14-12-16-8-5-6-10-18(16)22(19)24/h5-15H,1-4H3/p+1. The Morgan fingerprint density at radius 2 is 1.74 bits per heavy atom. The number of phenolic OH excluding ortho intramolecular Hbond substituents is 1. The van der Waals surface area contributed by atoms with Crippen molar-refractivity contribution in [3.05, 3.63) is 71.8 Å². The van der Waals surface area contributed by atoms with Crippen molar-refractivity contribution >= 4 is 28.2 Å². The third-order valence-corrected chi connectivity index (χ3v) is 5.57. The van der Waals surface area contributed by atoms with E-state index in [1.165, 1.54) is 27.7 Å². The van der Waals surface area contributed by atoms with Crippen LogP contribution in [-0.4, -0.2) is 29.6 Å². The number of benzene rings is 3. The molecular weight excluding hydrogens is 334 g/mol. The summed E-state index contributed by atoms with van der Waals surface area (Å²) in [5.74, 6) is 0.647. The zero-order chi connectivity index (χ0) is 19.2. The highest BCUT2D eigenvalue weighted by Crippen LogP contribution is 2.43. The second kappa shape index (κ2) is 6.27. The number of rotatable bonds is 3. The molecule has 3 aromatic carbocycles. The van der Waals surface area contributed by atoms with Crippen LogP contribution in [0.2, 0.25) is 0 Å². The first-order valence-electron chi connectivity index (χ1n) is 9.12. The van der Waals surface area contributed by atoms with Crippen molar-refractivity contribution in [2.75, 3.05) is 14.2 Å². The van der Waals surface area contributed by atoms with Crippen LogP contribution in [0.3, 0.4) is 0 Å². The predicted octanol–water partition coefficient (Wildman–Crippen LogP) is 5.27. The number of ether oxygens (including phenoxy) is 1. The molecule has 4 rings (SSSR count). The van der Waals surface area contributed by atoms with E-state index >= 15 is 0 Å². The molecule has 1 heterocycles. The average molecular weight is 358 g/mol. The molecule has 0 bridgehead atoms. The minimum absolute atomic E-state index is 0.143. The Hall–Kier alpha value is -3.07. The van der Waals surface area contributed by atoms with Gasteiger partial charge in [-0.25, -0.2) is 0 Å². The molecular formula is C24H24NO2+. The van der Waals surface area contributed by atoms with E-state index in [2.05, 4.69) is 67.9 Å². The lowest BCUT2D eigenvalue weighted by molar-refractivity contribution is -0.401. The molecule has 0 spiro atoms. The molecule has 0 aromatic heterocycles. The third-order valence-electron chi connectivity index (χ3n) is 5.57. The number of hydrogen-bond acceptors (Lipinski definition) is 2. The first-order chi connectivity index (χ1) is 12.9. The number of fused-ring (bicyclic) bond motifs is 3. The summed E-state index contributed by atoms with van der Waals surface area (Å²) in [5.41, 5.74) is 4.37. The summed E-state index contributed by atoms with van der Waals surface area (Å²) in [5, 5.41) is 12.9. The van der Waals surface area contributed by atoms with Gasteiger partial charge in [0.15, 0.2) is 17.2 Å². The highest BCUT2D eigenvalue weighted by Gasteiger charge is 2.44. The molecule has 0 saturated heterocycles. The first-order valence-corrected chi connectivity index (χ1v) is 9.12. The lowest BCUT2D eigenvalue weighted by Crippen LogP contribution is -2.26. The molecule has 1 N–H and O–H groups in total. The van der Waals surface area contributed by atoms with E-state index in [-0.39, 0.29) is 11.2 Å². The van der Waals surface area contributed by atoms with Gasteiger partial charge in [-0.2, -0.15) is 4.58 Å². The molecule has 0 atom stereocenters. The van der Waals surface area contributed by atoms with Gasteiger partial charge in [0.25, 0.3) is 0 Å². The normalized spacial score (nSPS) is 15.6. The van der Waals surface area contributed by atoms with Crippen molar-refractivity contribution in [3.63, 3.8) is 0 Å². The summed E-state index contributed by atoms with van der Waals surface area (Å²) in [6.07, 6.45) is 4.06. The zero-order valence-electron chi connectivity index (χ0n) is 16.2. The summed E-state index contributed by atoms with van der Waals surface area (Å²) >= 11 is 0. The molecule has 0 fully saturated rings. The first kappa shape index (κ1) is 17.3. The summed E-state index contributed by atoms with van der Waals surface area (Å²) in [7, 11) is 3.67. The fourth-order valence-electron chi connectivity index (χ4n) is 4.20. The Bertz CT molecular complexity index is 1110. The van der Waals surface area contributed by atoms with Crippen LogP contribution >= 0.6 is 0 Å². The van der Waals surface area contributed by atoms with Gasteiger partial charge in [0.05, 0.1) is 12.5 Å². The number of phenols is 1. The molecule has 0 unspecified atom stereocenters. The van der Waals surface area contributed by atoms with Crippen molar-refractivity contribution in [2.24, 2.45) is 0 Å². The highest BCUT2D eigenvalue weighted by atomic mass is 16.5. The Morgan fingerprint density at radius 1 is 0.963 bits per heavy atom. The van der Waals surface area contributed by atoms with Gasteiger partial charge < -0.3 is 9.84 Å². The Labute approximate surface area is 159 Å². The number of para-hydroxylation sites is 1. The smallest absolute Gasteiger partial charge is 0.210 e. The van der Waals surface area contributed by atoms with Crippen LogP contribution < -0.4 is 4.74 Å². The van der Waals surface area contributed by atoms with Gasteiger partial charge in [-0.05, 0) is 42.8 Å². The monoisotopic (exact) mass is 358 g/mol. The van der Waals surface area contributed by atoms with Crippen molar-refractivity contribution in [1.82, 2.24) is 0 Å². The lowest BCUT2D eigenvalue weighted by Gasteiger charge is -2.17. The van der Waals surface area contributed by atoms with Crippen LogP contribution in [-0.2, 0) is 5.41 Å². The maximum Gasteiger partial charge on any atom is 0.210 e. The maximum atomic E-state index is 10.4. The van der Waals surface area contributed by atoms with Gasteiger partial charge in [-0.3, -0.25) is 0 Å². The molecule has 3 nitrogen and oxygen atoms in total. The summed E-state index contributed by atoms with van der Waals surface area (Å²) in [6.45, 7) is 4.51. The number of nitrogens with zero attached hydrogens (tertiary/aromatic N) is 1. The molecule has 136 valence electrons. The van der Waals surface area contributed by atoms with Gasteiger partial charge in [0.1, 0.15) is 7.05 Å². The fourth-order valence-corrected chi connectivity index (χ4v) is 4.20. The van der Waals surface area contributed by atoms with Crippen molar-refractivity contribution in [2.45, 2.75) is 19.3 Å². The van der Waals surface area contributed by atoms with E-state index in [0.717, 1.165) is 5.56 Å². The third kappa shape index (κ3) is 2.62. The van der Waals surface area contributed by atoms with Crippen LogP contribution in [0.15, 0.2) is 60.7 Å². The average Bonchev–Trinajstić information content (AvgIpc) is 2.87. The zero-order valence-corrected chi connectivity index (χ0v) is 16.2. The molecule has 1 aliphatic heterocycles. The summed E-state index contributed by atoms with van der Waals surface area (Å²) in [6, 6.07) is 18.4. The minimum Gasteiger partial charge on any atom is -0.504 e. The Morgan fingerprint density at radius 3 is 2.52 bits per heavy atom. The molecule has 1 aliphatic rings. The topological polar surface area (TPSA) is 32.5 Å². The van der Waals surface area contributed by atoms with Crippen LogP contribution in [0.1, 0.15) is 25.0 Å². The maximum absolute atomic E-state index is 10.4. The molecule has 0 aliphatic carbocycles. The van der Waals surface area contributed by atoms with Crippen LogP contribution in [0.5, 0.6) is 11.5 Å². The van der Waals surface area contributed by atoms with Crippen LogP contribution in [0, 0.1) is 0 Å². The van der Waals surface area contributed by atoms with Crippen molar-refractivity contribution in [3.8, 4) is 11.5 Å². The molecule has 3 aromatic rings. The largest absolute Gasteiger partial charge is 0.504 e. The number of methoxy groups -OCH3 is 1. The van der Waals surface area contributed by atoms with Crippen LogP contribution in [0.4, 0.5) is 5.69 Å². The van der Waals surface area contributed by atoms with Crippen molar-refractivity contribution < 1.29 is 14.4 Å². The van der Waals surface area contributed by atoms with Crippen LogP contribution in [0.25, 0.3) is 16.8 Å². The van der Waals surface area contributed by atoms with E-state index in [9.17, 15) is 5.11 Å². The van der Waals surface area contributed by atoms with E-state index < -0.39 is 0 Å². The van der Waals surface area contributed by atoms with E-state index in [4.69, 9.17) is 4.74 Å². The Kier molecular flexibility index (Phi) is 4.03. The SMILES string of the molecule is COc1cccc(/C=C/C2=[N+](C)c3ccc4ccccc4c3C2(C)C)c1O. The molecule has 0 radical (unpaired) electrons. The highest BCUT2D eigenvalue weighted by molar-refractivity contribution is 6.09. The van der Waals surface area contributed by atoms with Crippen molar-refractivity contribution in [1.29, 1.82) is 0 Å². The summed E-state index contributed by atoms with van der Waals surface area (Å²) in [4.78, 5) is 0. The molecule has 3 heteroatoms. The van der Waals surface area contributed by atoms with E-state index in [1.807, 2.05) is 18.2 Å². The second-order valence-electron chi connectivity index (χ2n) is 7.48. The van der Waals surface area contributed by atoms with E-state index in [1.54, 1.807) is 13.2 Å². The van der Waals surface area contributed by atoms with Gasteiger partial charge in [0.2, 0.25) is 5.69 Å². The van der Waals surface area contributed by atoms with Gasteiger partial charge in [-0.1, -0.05) is 36.4 Å². The Balaban J connectivity index is 1.83. The number of aromatic hydroxyl groups is 1. The number of hydrogen-bond donors (Lipinski definition) is 1. The van der Waals surface area contributed by atoms with E-state index in [0.29, 0.717) is 5.75 Å². The number of allylic oxidation sites excluding steroid dienone is 1. The van der Waals surface area contributed by atoms with Gasteiger partial charge in [-0.15, -0.1) is 0 Å².